The van der Waals surface area contributed by atoms with Gasteiger partial charge in [0.15, 0.2) is 0 Å². The Morgan fingerprint density at radius 1 is 0.350 bits per heavy atom. The molecule has 1 aliphatic carbocycles. The van der Waals surface area contributed by atoms with Gasteiger partial charge < -0.3 is 0 Å². The summed E-state index contributed by atoms with van der Waals surface area (Å²) in [6, 6.07) is 46.7. The molecule has 0 spiro atoms. The van der Waals surface area contributed by atoms with Crippen molar-refractivity contribution in [1.29, 1.82) is 10.5 Å². The van der Waals surface area contributed by atoms with Gasteiger partial charge in [0.25, 0.3) is 0 Å². The molecule has 7 aromatic carbocycles. The van der Waals surface area contributed by atoms with Crippen molar-refractivity contribution in [3.8, 4) is 56.6 Å². The second-order valence-corrected chi connectivity index (χ2v) is 10.3. The van der Waals surface area contributed by atoms with Crippen LogP contribution < -0.4 is 0 Å². The topological polar surface area (TPSA) is 47.6 Å². The standard InChI is InChI=1S/C38H20N2/c39-21-24-15-17-30(28-11-3-1-9-26(24)28)32-19-20-33(31-18-16-25(22-40)27-10-2-4-12-29(27)31)38-35-14-6-8-23-7-5-13-34(36(23)35)37(32)38/h1-20H. The van der Waals surface area contributed by atoms with Gasteiger partial charge in [0.1, 0.15) is 0 Å². The van der Waals surface area contributed by atoms with Gasteiger partial charge in [-0.05, 0) is 78.2 Å². The monoisotopic (exact) mass is 504 g/mol. The van der Waals surface area contributed by atoms with Gasteiger partial charge in [0.2, 0.25) is 0 Å². The lowest BCUT2D eigenvalue weighted by molar-refractivity contribution is 1.50. The maximum absolute atomic E-state index is 9.79. The third-order valence-electron chi connectivity index (χ3n) is 8.32. The minimum absolute atomic E-state index is 0.682. The normalized spacial score (nSPS) is 11.4. The lowest BCUT2D eigenvalue weighted by atomic mass is 9.84. The summed E-state index contributed by atoms with van der Waals surface area (Å²) in [5.74, 6) is 0. The Bertz CT molecular complexity index is 2130. The fourth-order valence-electron chi connectivity index (χ4n) is 6.63. The van der Waals surface area contributed by atoms with Crippen molar-refractivity contribution >= 4 is 32.3 Å². The molecule has 2 nitrogen and oxygen atoms in total. The Morgan fingerprint density at radius 3 is 1.23 bits per heavy atom. The molecule has 0 saturated carbocycles. The molecule has 0 aliphatic heterocycles. The first-order chi connectivity index (χ1) is 19.8. The third-order valence-corrected chi connectivity index (χ3v) is 8.32. The van der Waals surface area contributed by atoms with E-state index < -0.39 is 0 Å². The predicted molar refractivity (Wildman–Crippen MR) is 164 cm³/mol. The Hall–Kier alpha value is -5.70. The van der Waals surface area contributed by atoms with Gasteiger partial charge in [-0.15, -0.1) is 0 Å². The third kappa shape index (κ3) is 2.97. The Morgan fingerprint density at radius 2 is 0.775 bits per heavy atom. The van der Waals surface area contributed by atoms with Crippen LogP contribution in [0.25, 0.3) is 76.8 Å². The molecule has 1 aliphatic rings. The van der Waals surface area contributed by atoms with Crippen LogP contribution in [0.5, 0.6) is 0 Å². The largest absolute Gasteiger partial charge is 0.192 e. The molecule has 182 valence electrons. The maximum Gasteiger partial charge on any atom is 0.0998 e. The van der Waals surface area contributed by atoms with Crippen LogP contribution in [0.2, 0.25) is 0 Å². The summed E-state index contributed by atoms with van der Waals surface area (Å²) >= 11 is 0. The van der Waals surface area contributed by atoms with E-state index in [2.05, 4.69) is 84.9 Å². The number of nitriles is 2. The van der Waals surface area contributed by atoms with Gasteiger partial charge in [0.05, 0.1) is 23.3 Å². The van der Waals surface area contributed by atoms with Crippen molar-refractivity contribution in [1.82, 2.24) is 0 Å². The van der Waals surface area contributed by atoms with Crippen molar-refractivity contribution in [3.63, 3.8) is 0 Å². The summed E-state index contributed by atoms with van der Waals surface area (Å²) in [6.07, 6.45) is 0. The summed E-state index contributed by atoms with van der Waals surface area (Å²) in [5.41, 5.74) is 10.8. The molecule has 0 radical (unpaired) electrons. The number of rotatable bonds is 2. The van der Waals surface area contributed by atoms with E-state index >= 15 is 0 Å². The summed E-state index contributed by atoms with van der Waals surface area (Å²) in [4.78, 5) is 0. The van der Waals surface area contributed by atoms with Crippen molar-refractivity contribution in [3.05, 3.63) is 132 Å². The molecule has 7 aromatic rings. The van der Waals surface area contributed by atoms with Crippen LogP contribution in [0.15, 0.2) is 121 Å². The lowest BCUT2D eigenvalue weighted by Crippen LogP contribution is -1.93. The quantitative estimate of drug-likeness (QED) is 0.235. The van der Waals surface area contributed by atoms with E-state index in [1.807, 2.05) is 48.5 Å². The second-order valence-electron chi connectivity index (χ2n) is 10.3. The van der Waals surface area contributed by atoms with Crippen LogP contribution in [-0.4, -0.2) is 0 Å². The summed E-state index contributed by atoms with van der Waals surface area (Å²) in [6.45, 7) is 0. The van der Waals surface area contributed by atoms with E-state index in [-0.39, 0.29) is 0 Å². The van der Waals surface area contributed by atoms with E-state index in [1.54, 1.807) is 0 Å². The lowest BCUT2D eigenvalue weighted by Gasteiger charge is -2.18. The van der Waals surface area contributed by atoms with Crippen molar-refractivity contribution in [2.75, 3.05) is 0 Å². The average Bonchev–Trinajstić information content (AvgIpc) is 3.36. The van der Waals surface area contributed by atoms with Gasteiger partial charge >= 0.3 is 0 Å². The molecular weight excluding hydrogens is 484 g/mol. The fourth-order valence-corrected chi connectivity index (χ4v) is 6.63. The van der Waals surface area contributed by atoms with E-state index in [9.17, 15) is 10.5 Å². The summed E-state index contributed by atoms with van der Waals surface area (Å²) < 4.78 is 0. The zero-order chi connectivity index (χ0) is 26.8. The SMILES string of the molecule is N#Cc1ccc(-c2ccc(-c3ccc(C#N)c4ccccc34)c3c2-c2cccc4cccc-3c24)c2ccccc12. The minimum atomic E-state index is 0.682. The maximum atomic E-state index is 9.79. The smallest absolute Gasteiger partial charge is 0.0998 e. The number of benzene rings is 7. The zero-order valence-electron chi connectivity index (χ0n) is 21.4. The molecule has 0 amide bonds. The molecule has 0 fully saturated rings. The first-order valence-corrected chi connectivity index (χ1v) is 13.3. The van der Waals surface area contributed by atoms with Crippen molar-refractivity contribution in [2.24, 2.45) is 0 Å². The van der Waals surface area contributed by atoms with Crippen LogP contribution in [0.4, 0.5) is 0 Å². The fraction of sp³-hybridized carbons (Fsp3) is 0. The van der Waals surface area contributed by atoms with Crippen LogP contribution in [0.1, 0.15) is 11.1 Å². The van der Waals surface area contributed by atoms with E-state index in [0.717, 1.165) is 43.8 Å². The molecule has 0 saturated heterocycles. The second kappa shape index (κ2) is 8.40. The van der Waals surface area contributed by atoms with Crippen LogP contribution in [0.3, 0.4) is 0 Å². The highest BCUT2D eigenvalue weighted by atomic mass is 14.3. The molecule has 0 unspecified atom stereocenters. The first kappa shape index (κ1) is 22.3. The minimum Gasteiger partial charge on any atom is -0.192 e. The molecular formula is C38H20N2. The Balaban J connectivity index is 1.52. The molecule has 0 atom stereocenters. The van der Waals surface area contributed by atoms with E-state index in [0.29, 0.717) is 11.1 Å². The molecule has 0 aromatic heterocycles. The van der Waals surface area contributed by atoms with E-state index in [1.165, 1.54) is 33.0 Å². The molecule has 2 heteroatoms. The molecule has 0 N–H and O–H groups in total. The van der Waals surface area contributed by atoms with Crippen LogP contribution >= 0.6 is 0 Å². The molecule has 0 bridgehead atoms. The van der Waals surface area contributed by atoms with Gasteiger partial charge in [-0.25, -0.2) is 0 Å². The highest BCUT2D eigenvalue weighted by Gasteiger charge is 2.28. The van der Waals surface area contributed by atoms with Crippen LogP contribution in [-0.2, 0) is 0 Å². The summed E-state index contributed by atoms with van der Waals surface area (Å²) in [5, 5.41) is 26.1. The predicted octanol–water partition coefficient (Wildman–Crippen LogP) is 9.87. The van der Waals surface area contributed by atoms with Gasteiger partial charge in [-0.1, -0.05) is 109 Å². The number of fused-ring (bicyclic) bond motifs is 5. The molecule has 8 rings (SSSR count). The molecule has 40 heavy (non-hydrogen) atoms. The van der Waals surface area contributed by atoms with E-state index in [4.69, 9.17) is 0 Å². The first-order valence-electron chi connectivity index (χ1n) is 13.3. The van der Waals surface area contributed by atoms with Crippen molar-refractivity contribution in [2.45, 2.75) is 0 Å². The number of hydrogen-bond acceptors (Lipinski definition) is 2. The summed E-state index contributed by atoms with van der Waals surface area (Å²) in [7, 11) is 0. The number of hydrogen-bond donors (Lipinski definition) is 0. The highest BCUT2D eigenvalue weighted by molar-refractivity contribution is 6.23. The average molecular weight is 505 g/mol. The van der Waals surface area contributed by atoms with Crippen molar-refractivity contribution < 1.29 is 0 Å². The van der Waals surface area contributed by atoms with Crippen LogP contribution in [0, 0.1) is 22.7 Å². The van der Waals surface area contributed by atoms with Gasteiger partial charge in [0, 0.05) is 10.8 Å². The van der Waals surface area contributed by atoms with Gasteiger partial charge in [-0.2, -0.15) is 10.5 Å². The molecule has 0 heterocycles. The zero-order valence-corrected chi connectivity index (χ0v) is 21.4. The highest BCUT2D eigenvalue weighted by Crippen LogP contribution is 2.55. The Kier molecular flexibility index (Phi) is 4.68. The van der Waals surface area contributed by atoms with Gasteiger partial charge in [-0.3, -0.25) is 0 Å². The number of nitrogens with zero attached hydrogens (tertiary/aromatic N) is 2. The Labute approximate surface area is 231 Å².